The van der Waals surface area contributed by atoms with Gasteiger partial charge in [-0.3, -0.25) is 24.4 Å². The number of hydrogen-bond donors (Lipinski definition) is 1. The van der Waals surface area contributed by atoms with Gasteiger partial charge in [0, 0.05) is 29.4 Å². The molecule has 0 atom stereocenters. The normalized spacial score (nSPS) is 14.2. The molecule has 4 rings (SSSR count). The number of benzene rings is 1. The Hall–Kier alpha value is -3.45. The number of aromatic amines is 1. The minimum absolute atomic E-state index is 0.0892. The highest BCUT2D eigenvalue weighted by molar-refractivity contribution is 6.44. The first-order valence-electron chi connectivity index (χ1n) is 11.0. The van der Waals surface area contributed by atoms with Crippen molar-refractivity contribution in [3.8, 4) is 5.69 Å². The molecule has 0 radical (unpaired) electrons. The summed E-state index contributed by atoms with van der Waals surface area (Å²) in [7, 11) is 0. The number of rotatable bonds is 7. The first-order chi connectivity index (χ1) is 15.8. The summed E-state index contributed by atoms with van der Waals surface area (Å²) >= 11 is 6.01. The molecule has 0 bridgehead atoms. The summed E-state index contributed by atoms with van der Waals surface area (Å²) in [6.45, 7) is 6.16. The van der Waals surface area contributed by atoms with Crippen LogP contribution in [0.2, 0.25) is 5.02 Å². The predicted octanol–water partition coefficient (Wildman–Crippen LogP) is 3.45. The second kappa shape index (κ2) is 9.19. The van der Waals surface area contributed by atoms with Gasteiger partial charge < -0.3 is 0 Å². The van der Waals surface area contributed by atoms with Crippen molar-refractivity contribution in [2.75, 3.05) is 6.54 Å². The molecule has 33 heavy (non-hydrogen) atoms. The zero-order chi connectivity index (χ0) is 23.7. The van der Waals surface area contributed by atoms with Crippen LogP contribution in [0, 0.1) is 5.92 Å². The summed E-state index contributed by atoms with van der Waals surface area (Å²) in [4.78, 5) is 41.9. The van der Waals surface area contributed by atoms with Crippen molar-refractivity contribution in [3.63, 3.8) is 0 Å². The fourth-order valence-corrected chi connectivity index (χ4v) is 4.18. The number of H-pyrrole nitrogens is 1. The summed E-state index contributed by atoms with van der Waals surface area (Å²) in [5.74, 6) is -0.760. The predicted molar refractivity (Wildman–Crippen MR) is 127 cm³/mol. The van der Waals surface area contributed by atoms with Gasteiger partial charge in [0.2, 0.25) is 0 Å². The first kappa shape index (κ1) is 22.7. The number of pyridine rings is 1. The Kier molecular flexibility index (Phi) is 6.33. The molecule has 0 saturated carbocycles. The number of carbonyl (C=O) groups excluding carboxylic acids is 2. The third kappa shape index (κ3) is 4.16. The molecule has 3 heterocycles. The number of aryl methyl sites for hydroxylation is 1. The number of amides is 2. The van der Waals surface area contributed by atoms with Gasteiger partial charge in [-0.25, -0.2) is 4.68 Å². The van der Waals surface area contributed by atoms with Gasteiger partial charge >= 0.3 is 5.91 Å². The first-order valence-corrected chi connectivity index (χ1v) is 11.4. The Morgan fingerprint density at radius 2 is 1.67 bits per heavy atom. The van der Waals surface area contributed by atoms with Gasteiger partial charge in [0.25, 0.3) is 17.2 Å². The second-order valence-corrected chi connectivity index (χ2v) is 8.89. The number of nitrogens with one attached hydrogen (secondary N) is 1. The average Bonchev–Trinajstić information content (AvgIpc) is 3.23. The van der Waals surface area contributed by atoms with E-state index in [2.05, 4.69) is 5.10 Å². The fourth-order valence-electron chi connectivity index (χ4n) is 4.05. The van der Waals surface area contributed by atoms with E-state index in [0.717, 1.165) is 6.42 Å². The van der Waals surface area contributed by atoms with Gasteiger partial charge in [0.05, 0.1) is 11.3 Å². The van der Waals surface area contributed by atoms with Crippen molar-refractivity contribution < 1.29 is 14.2 Å². The number of carbonyl (C=O) groups is 2. The summed E-state index contributed by atoms with van der Waals surface area (Å²) in [5, 5.41) is 3.72. The maximum atomic E-state index is 13.7. The largest absolute Gasteiger partial charge is 0.326 e. The molecule has 0 saturated heterocycles. The highest BCUT2D eigenvalue weighted by atomic mass is 35.5. The lowest BCUT2D eigenvalue weighted by atomic mass is 10.0. The Morgan fingerprint density at radius 3 is 2.27 bits per heavy atom. The fraction of sp³-hybridized carbons (Fsp3) is 0.280. The SMILES string of the molecule is CCCc1[nH]n(-c2ccc(Cl)cc2)c(=O)c1C1=C([n+]2ccccc2)C(=O)N(CC(C)C)C1=O. The molecular weight excluding hydrogens is 440 g/mol. The molecule has 2 aromatic heterocycles. The molecule has 1 N–H and O–H groups in total. The zero-order valence-corrected chi connectivity index (χ0v) is 19.6. The maximum absolute atomic E-state index is 13.7. The molecule has 3 aromatic rings. The lowest BCUT2D eigenvalue weighted by Crippen LogP contribution is -2.40. The molecule has 0 spiro atoms. The van der Waals surface area contributed by atoms with Gasteiger partial charge in [0.1, 0.15) is 5.57 Å². The molecule has 1 aliphatic heterocycles. The van der Waals surface area contributed by atoms with E-state index in [0.29, 0.717) is 22.8 Å². The van der Waals surface area contributed by atoms with E-state index in [-0.39, 0.29) is 34.9 Å². The molecule has 8 heteroatoms. The topological polar surface area (TPSA) is 79.1 Å². The quantitative estimate of drug-likeness (QED) is 0.428. The average molecular weight is 466 g/mol. The number of aromatic nitrogens is 3. The van der Waals surface area contributed by atoms with E-state index in [1.165, 1.54) is 9.58 Å². The molecule has 2 amide bonds. The van der Waals surface area contributed by atoms with Crippen LogP contribution in [-0.2, 0) is 16.0 Å². The molecule has 0 aliphatic carbocycles. The van der Waals surface area contributed by atoms with Crippen LogP contribution >= 0.6 is 11.6 Å². The van der Waals surface area contributed by atoms with E-state index in [1.54, 1.807) is 53.4 Å². The number of halogens is 1. The van der Waals surface area contributed by atoms with Crippen LogP contribution in [0.5, 0.6) is 0 Å². The van der Waals surface area contributed by atoms with Crippen molar-refractivity contribution >= 4 is 34.7 Å². The summed E-state index contributed by atoms with van der Waals surface area (Å²) in [6, 6.07) is 12.2. The highest BCUT2D eigenvalue weighted by Gasteiger charge is 2.47. The van der Waals surface area contributed by atoms with Crippen LogP contribution < -0.4 is 10.1 Å². The van der Waals surface area contributed by atoms with E-state index in [1.807, 2.05) is 26.8 Å². The van der Waals surface area contributed by atoms with Crippen LogP contribution in [0.25, 0.3) is 17.0 Å². The molecule has 0 unspecified atom stereocenters. The van der Waals surface area contributed by atoms with Gasteiger partial charge in [-0.15, -0.1) is 0 Å². The molecule has 170 valence electrons. The maximum Gasteiger partial charge on any atom is 0.326 e. The Balaban J connectivity index is 1.98. The second-order valence-electron chi connectivity index (χ2n) is 8.45. The monoisotopic (exact) mass is 465 g/mol. The molecule has 1 aromatic carbocycles. The lowest BCUT2D eigenvalue weighted by Gasteiger charge is -2.16. The smallest absolute Gasteiger partial charge is 0.294 e. The molecule has 1 aliphatic rings. The van der Waals surface area contributed by atoms with E-state index >= 15 is 0 Å². The van der Waals surface area contributed by atoms with Crippen molar-refractivity contribution in [2.24, 2.45) is 5.92 Å². The minimum Gasteiger partial charge on any atom is -0.294 e. The van der Waals surface area contributed by atoms with Crippen molar-refractivity contribution in [3.05, 3.63) is 81.5 Å². The number of imide groups is 1. The standard InChI is InChI=1S/C25H25ClN4O3/c1-4-8-19-20(24(32)30(27-19)18-11-9-17(26)10-12-18)21-22(28-13-6-5-7-14-28)25(33)29(23(21)31)15-16(2)3/h5-7,9-14,16H,4,8,15H2,1-3H3/p+1. The van der Waals surface area contributed by atoms with Crippen molar-refractivity contribution in [1.82, 2.24) is 14.7 Å². The van der Waals surface area contributed by atoms with E-state index in [9.17, 15) is 14.4 Å². The van der Waals surface area contributed by atoms with Crippen molar-refractivity contribution in [2.45, 2.75) is 33.6 Å². The van der Waals surface area contributed by atoms with Crippen LogP contribution in [0.4, 0.5) is 0 Å². The number of nitrogens with zero attached hydrogens (tertiary/aromatic N) is 3. The van der Waals surface area contributed by atoms with Gasteiger partial charge in [-0.2, -0.15) is 4.57 Å². The van der Waals surface area contributed by atoms with E-state index in [4.69, 9.17) is 11.6 Å². The third-order valence-electron chi connectivity index (χ3n) is 5.47. The Morgan fingerprint density at radius 1 is 1.00 bits per heavy atom. The molecular formula is C25H26ClN4O3+. The minimum atomic E-state index is -0.447. The zero-order valence-electron chi connectivity index (χ0n) is 18.8. The molecule has 0 fully saturated rings. The summed E-state index contributed by atoms with van der Waals surface area (Å²) < 4.78 is 3.02. The highest BCUT2D eigenvalue weighted by Crippen LogP contribution is 2.31. The Labute approximate surface area is 196 Å². The molecule has 7 nitrogen and oxygen atoms in total. The van der Waals surface area contributed by atoms with Gasteiger partial charge in [-0.05, 0) is 36.6 Å². The van der Waals surface area contributed by atoms with Gasteiger partial charge in [-0.1, -0.05) is 44.9 Å². The summed E-state index contributed by atoms with van der Waals surface area (Å²) in [6.07, 6.45) is 4.73. The van der Waals surface area contributed by atoms with E-state index < -0.39 is 11.8 Å². The van der Waals surface area contributed by atoms with Gasteiger partial charge in [0.15, 0.2) is 12.4 Å². The van der Waals surface area contributed by atoms with Crippen molar-refractivity contribution in [1.29, 1.82) is 0 Å². The summed E-state index contributed by atoms with van der Waals surface area (Å²) in [5.41, 5.74) is 1.40. The van der Waals surface area contributed by atoms with Crippen LogP contribution in [0.1, 0.15) is 38.4 Å². The Bertz CT molecular complexity index is 1290. The number of hydrogen-bond acceptors (Lipinski definition) is 3. The van der Waals surface area contributed by atoms with Crippen LogP contribution in [-0.4, -0.2) is 33.0 Å². The third-order valence-corrected chi connectivity index (χ3v) is 5.72. The lowest BCUT2D eigenvalue weighted by molar-refractivity contribution is -0.576. The van der Waals surface area contributed by atoms with Crippen LogP contribution in [0.15, 0.2) is 59.7 Å². The van der Waals surface area contributed by atoms with Crippen LogP contribution in [0.3, 0.4) is 0 Å².